The average molecular weight is 514 g/mol. The predicted octanol–water partition coefficient (Wildman–Crippen LogP) is 3.35. The van der Waals surface area contributed by atoms with Gasteiger partial charge in [-0.3, -0.25) is 9.89 Å². The van der Waals surface area contributed by atoms with E-state index in [0.29, 0.717) is 6.42 Å². The van der Waals surface area contributed by atoms with Crippen LogP contribution in [0.1, 0.15) is 19.3 Å². The van der Waals surface area contributed by atoms with Gasteiger partial charge in [0.25, 0.3) is 0 Å². The summed E-state index contributed by atoms with van der Waals surface area (Å²) in [6, 6.07) is 0.716. The second-order valence-electron chi connectivity index (χ2n) is 6.93. The molecule has 0 radical (unpaired) electrons. The highest BCUT2D eigenvalue weighted by molar-refractivity contribution is 14.1. The Balaban J connectivity index is 1.79. The van der Waals surface area contributed by atoms with Crippen LogP contribution in [0.4, 0.5) is 20.3 Å². The van der Waals surface area contributed by atoms with Crippen LogP contribution >= 0.6 is 22.6 Å². The quantitative estimate of drug-likeness (QED) is 0.311. The van der Waals surface area contributed by atoms with Gasteiger partial charge >= 0.3 is 5.97 Å². The first-order chi connectivity index (χ1) is 13.9. The van der Waals surface area contributed by atoms with Gasteiger partial charge in [0.1, 0.15) is 28.4 Å². The van der Waals surface area contributed by atoms with Crippen molar-refractivity contribution < 1.29 is 18.7 Å². The fourth-order valence-corrected chi connectivity index (χ4v) is 4.81. The van der Waals surface area contributed by atoms with Gasteiger partial charge in [-0.1, -0.05) is 29.0 Å². The highest BCUT2D eigenvalue weighted by Crippen LogP contribution is 2.37. The van der Waals surface area contributed by atoms with Crippen LogP contribution in [0.15, 0.2) is 18.5 Å². The molecule has 3 heterocycles. The molecule has 5 N–H and O–H groups in total. The number of carbonyl (C=O) groups is 1. The number of H-pyrrole nitrogens is 1. The number of alkyl halides is 1. The SMILES string of the molecule is Nc1ncc(F)cc1-c1n[nH]c2c(NC3C(I)CCC[C@@H]3C(=O)O)c(F)cnc12. The Hall–Kier alpha value is -2.57. The smallest absolute Gasteiger partial charge is 0.308 e. The molecular formula is C18H17F2IN6O2. The Morgan fingerprint density at radius 2 is 2.10 bits per heavy atom. The summed E-state index contributed by atoms with van der Waals surface area (Å²) in [6.45, 7) is 0. The number of halogens is 3. The Labute approximate surface area is 177 Å². The molecule has 1 saturated carbocycles. The lowest BCUT2D eigenvalue weighted by atomic mass is 9.84. The second-order valence-corrected chi connectivity index (χ2v) is 8.53. The van der Waals surface area contributed by atoms with Crippen LogP contribution in [0.25, 0.3) is 22.3 Å². The number of rotatable bonds is 4. The minimum absolute atomic E-state index is 0.00974. The number of fused-ring (bicyclic) bond motifs is 1. The van der Waals surface area contributed by atoms with E-state index in [4.69, 9.17) is 5.73 Å². The Bertz CT molecular complexity index is 1090. The fourth-order valence-electron chi connectivity index (χ4n) is 3.69. The van der Waals surface area contributed by atoms with Crippen LogP contribution in [0.5, 0.6) is 0 Å². The van der Waals surface area contributed by atoms with Crippen molar-refractivity contribution in [2.75, 3.05) is 11.1 Å². The van der Waals surface area contributed by atoms with Crippen molar-refractivity contribution in [2.45, 2.75) is 29.2 Å². The number of nitrogens with one attached hydrogen (secondary N) is 2. The number of hydrogen-bond donors (Lipinski definition) is 4. The number of aliphatic carboxylic acids is 1. The summed E-state index contributed by atoms with van der Waals surface area (Å²) in [5.74, 6) is -2.73. The number of nitrogens with zero attached hydrogens (tertiary/aromatic N) is 3. The normalized spacial score (nSPS) is 22.0. The van der Waals surface area contributed by atoms with E-state index in [0.717, 1.165) is 25.2 Å². The van der Waals surface area contributed by atoms with Gasteiger partial charge in [0.2, 0.25) is 0 Å². The summed E-state index contributed by atoms with van der Waals surface area (Å²) in [5, 5.41) is 19.5. The molecule has 0 spiro atoms. The number of aromatic nitrogens is 4. The van der Waals surface area contributed by atoms with Gasteiger partial charge in [0, 0.05) is 9.49 Å². The number of hydrogen-bond acceptors (Lipinski definition) is 6. The molecule has 2 unspecified atom stereocenters. The highest BCUT2D eigenvalue weighted by Gasteiger charge is 2.37. The van der Waals surface area contributed by atoms with Crippen LogP contribution < -0.4 is 11.1 Å². The van der Waals surface area contributed by atoms with E-state index in [9.17, 15) is 18.7 Å². The van der Waals surface area contributed by atoms with Gasteiger partial charge in [-0.25, -0.2) is 18.7 Å². The number of carboxylic acids is 1. The molecular weight excluding hydrogens is 497 g/mol. The van der Waals surface area contributed by atoms with E-state index < -0.39 is 29.6 Å². The van der Waals surface area contributed by atoms with E-state index in [1.54, 1.807) is 0 Å². The van der Waals surface area contributed by atoms with E-state index >= 15 is 0 Å². The van der Waals surface area contributed by atoms with Gasteiger partial charge in [-0.2, -0.15) is 5.10 Å². The molecule has 3 atom stereocenters. The summed E-state index contributed by atoms with van der Waals surface area (Å²) in [7, 11) is 0. The zero-order chi connectivity index (χ0) is 20.7. The average Bonchev–Trinajstić information content (AvgIpc) is 3.11. The summed E-state index contributed by atoms with van der Waals surface area (Å²) in [6.07, 6.45) is 4.16. The number of nitrogen functional groups attached to an aromatic ring is 1. The molecule has 1 fully saturated rings. The number of anilines is 2. The first kappa shape index (κ1) is 19.7. The Morgan fingerprint density at radius 3 is 2.86 bits per heavy atom. The van der Waals surface area contributed by atoms with Crippen molar-refractivity contribution in [1.82, 2.24) is 20.2 Å². The van der Waals surface area contributed by atoms with Crippen LogP contribution in [0.3, 0.4) is 0 Å². The van der Waals surface area contributed by atoms with E-state index in [-0.39, 0.29) is 37.7 Å². The summed E-state index contributed by atoms with van der Waals surface area (Å²) >= 11 is 2.20. The number of aromatic amines is 1. The Morgan fingerprint density at radius 1 is 1.31 bits per heavy atom. The minimum Gasteiger partial charge on any atom is -0.481 e. The lowest BCUT2D eigenvalue weighted by Crippen LogP contribution is -2.44. The molecule has 1 aliphatic carbocycles. The van der Waals surface area contributed by atoms with Gasteiger partial charge in [0.15, 0.2) is 5.82 Å². The first-order valence-corrected chi connectivity index (χ1v) is 10.2. The maximum atomic E-state index is 14.7. The summed E-state index contributed by atoms with van der Waals surface area (Å²) in [4.78, 5) is 19.5. The fraction of sp³-hybridized carbons (Fsp3) is 0.333. The summed E-state index contributed by atoms with van der Waals surface area (Å²) in [5.41, 5.74) is 6.92. The van der Waals surface area contributed by atoms with Crippen LogP contribution in [-0.2, 0) is 4.79 Å². The standard InChI is InChI=1S/C18H17F2IN6O2/c19-7-4-9(17(22)24-5-7)13-15-16(27-26-13)14(10(20)6-23-15)25-12-8(18(28)29)2-1-3-11(12)21/h4-6,8,11-12H,1-3H2,(H2,22,24)(H,23,25)(H,26,27)(H,28,29)/t8-,11?,12?/m0/s1. The number of pyridine rings is 2. The molecule has 11 heteroatoms. The maximum absolute atomic E-state index is 14.7. The Kier molecular flexibility index (Phi) is 5.23. The second kappa shape index (κ2) is 7.69. The molecule has 1 aliphatic rings. The van der Waals surface area contributed by atoms with E-state index in [1.807, 2.05) is 0 Å². The van der Waals surface area contributed by atoms with Crippen LogP contribution in [0.2, 0.25) is 0 Å². The molecule has 4 rings (SSSR count). The third-order valence-electron chi connectivity index (χ3n) is 5.12. The van der Waals surface area contributed by atoms with E-state index in [1.165, 1.54) is 6.07 Å². The molecule has 0 saturated heterocycles. The lowest BCUT2D eigenvalue weighted by molar-refractivity contribution is -0.142. The maximum Gasteiger partial charge on any atom is 0.308 e. The molecule has 3 aromatic rings. The topological polar surface area (TPSA) is 130 Å². The predicted molar refractivity (Wildman–Crippen MR) is 112 cm³/mol. The highest BCUT2D eigenvalue weighted by atomic mass is 127. The van der Waals surface area contributed by atoms with Crippen LogP contribution in [0, 0.1) is 17.6 Å². The number of carboxylic acid groups (broad SMARTS) is 1. The van der Waals surface area contributed by atoms with Gasteiger partial charge in [-0.15, -0.1) is 0 Å². The van der Waals surface area contributed by atoms with Crippen molar-refractivity contribution in [2.24, 2.45) is 5.92 Å². The van der Waals surface area contributed by atoms with Crippen molar-refractivity contribution in [3.8, 4) is 11.3 Å². The largest absolute Gasteiger partial charge is 0.481 e. The number of nitrogens with two attached hydrogens (primary N) is 1. The van der Waals surface area contributed by atoms with Crippen molar-refractivity contribution in [1.29, 1.82) is 0 Å². The van der Waals surface area contributed by atoms with Crippen LogP contribution in [-0.4, -0.2) is 41.2 Å². The van der Waals surface area contributed by atoms with Crippen molar-refractivity contribution >= 4 is 51.1 Å². The zero-order valence-electron chi connectivity index (χ0n) is 15.0. The lowest BCUT2D eigenvalue weighted by Gasteiger charge is -2.34. The molecule has 152 valence electrons. The van der Waals surface area contributed by atoms with Crippen molar-refractivity contribution in [3.05, 3.63) is 30.1 Å². The van der Waals surface area contributed by atoms with Gasteiger partial charge < -0.3 is 16.2 Å². The molecule has 0 aromatic carbocycles. The molecule has 29 heavy (non-hydrogen) atoms. The third-order valence-corrected chi connectivity index (χ3v) is 6.52. The molecule has 8 nitrogen and oxygen atoms in total. The minimum atomic E-state index is -0.918. The molecule has 3 aromatic heterocycles. The van der Waals surface area contributed by atoms with E-state index in [2.05, 4.69) is 48.1 Å². The van der Waals surface area contributed by atoms with Gasteiger partial charge in [-0.05, 0) is 18.9 Å². The molecule has 0 aliphatic heterocycles. The monoisotopic (exact) mass is 514 g/mol. The molecule has 0 bridgehead atoms. The first-order valence-electron chi connectivity index (χ1n) is 8.94. The van der Waals surface area contributed by atoms with Crippen molar-refractivity contribution in [3.63, 3.8) is 0 Å². The van der Waals surface area contributed by atoms with Gasteiger partial charge in [0.05, 0.1) is 30.0 Å². The zero-order valence-corrected chi connectivity index (χ0v) is 17.2. The molecule has 0 amide bonds. The summed E-state index contributed by atoms with van der Waals surface area (Å²) < 4.78 is 28.3. The third kappa shape index (κ3) is 3.58.